The minimum absolute atomic E-state index is 0.0700. The molecule has 2 aliphatic rings. The Labute approximate surface area is 199 Å². The zero-order valence-electron chi connectivity index (χ0n) is 19.6. The molecule has 0 radical (unpaired) electrons. The molecule has 34 heavy (non-hydrogen) atoms. The molecule has 2 aromatic rings. The molecule has 0 N–H and O–H groups in total. The molecule has 2 atom stereocenters. The lowest BCUT2D eigenvalue weighted by atomic mass is 9.98. The Morgan fingerprint density at radius 2 is 1.82 bits per heavy atom. The molecule has 0 saturated carbocycles. The maximum Gasteiger partial charge on any atom is 0.323 e. The van der Waals surface area contributed by atoms with E-state index >= 15 is 0 Å². The number of likely N-dealkylation sites (tertiary alicyclic amines) is 1. The molecule has 1 amide bonds. The third-order valence-corrected chi connectivity index (χ3v) is 6.35. The van der Waals surface area contributed by atoms with Crippen LogP contribution in [-0.2, 0) is 14.3 Å². The second-order valence-electron chi connectivity index (χ2n) is 8.52. The predicted molar refractivity (Wildman–Crippen MR) is 126 cm³/mol. The van der Waals surface area contributed by atoms with Gasteiger partial charge in [0.1, 0.15) is 17.6 Å². The summed E-state index contributed by atoms with van der Waals surface area (Å²) in [6.07, 6.45) is 3.03. The van der Waals surface area contributed by atoms with Crippen LogP contribution in [0.4, 0.5) is 4.39 Å². The first-order valence-corrected chi connectivity index (χ1v) is 11.7. The molecule has 0 aliphatic carbocycles. The van der Waals surface area contributed by atoms with Gasteiger partial charge < -0.3 is 9.47 Å². The topological polar surface area (TPSA) is 71.4 Å². The number of esters is 1. The number of amides is 1. The highest BCUT2D eigenvalue weighted by atomic mass is 19.1. The largest absolute Gasteiger partial charge is 0.497 e. The van der Waals surface area contributed by atoms with Crippen molar-refractivity contribution in [3.63, 3.8) is 0 Å². The van der Waals surface area contributed by atoms with Crippen LogP contribution in [0.1, 0.15) is 49.8 Å². The van der Waals surface area contributed by atoms with Gasteiger partial charge in [0.05, 0.1) is 32.0 Å². The summed E-state index contributed by atoms with van der Waals surface area (Å²) >= 11 is 0. The van der Waals surface area contributed by atoms with Crippen LogP contribution in [0, 0.1) is 5.82 Å². The molecule has 0 aromatic heterocycles. The number of hydrazone groups is 1. The molecule has 2 aliphatic heterocycles. The van der Waals surface area contributed by atoms with E-state index in [0.29, 0.717) is 26.0 Å². The van der Waals surface area contributed by atoms with E-state index in [1.165, 1.54) is 17.1 Å². The molecule has 0 bridgehead atoms. The van der Waals surface area contributed by atoms with Crippen LogP contribution in [0.3, 0.4) is 0 Å². The highest BCUT2D eigenvalue weighted by molar-refractivity contribution is 6.03. The van der Waals surface area contributed by atoms with E-state index in [9.17, 15) is 14.0 Å². The van der Waals surface area contributed by atoms with Gasteiger partial charge in [0.25, 0.3) is 5.91 Å². The maximum atomic E-state index is 13.6. The number of rotatable bonds is 7. The molecule has 4 rings (SSSR count). The summed E-state index contributed by atoms with van der Waals surface area (Å²) in [7, 11) is 1.61. The number of halogens is 1. The monoisotopic (exact) mass is 467 g/mol. The summed E-state index contributed by atoms with van der Waals surface area (Å²) in [6.45, 7) is 2.81. The van der Waals surface area contributed by atoms with Gasteiger partial charge in [-0.25, -0.2) is 9.40 Å². The lowest BCUT2D eigenvalue weighted by Gasteiger charge is -2.34. The summed E-state index contributed by atoms with van der Waals surface area (Å²) in [5.41, 5.74) is 2.47. The number of hydrogen-bond donors (Lipinski definition) is 0. The van der Waals surface area contributed by atoms with Crippen LogP contribution in [0.2, 0.25) is 0 Å². The molecule has 0 spiro atoms. The van der Waals surface area contributed by atoms with Crippen molar-refractivity contribution >= 4 is 17.6 Å². The summed E-state index contributed by atoms with van der Waals surface area (Å²) in [4.78, 5) is 27.9. The number of piperidine rings is 1. The van der Waals surface area contributed by atoms with Crippen molar-refractivity contribution in [3.8, 4) is 5.75 Å². The van der Waals surface area contributed by atoms with Gasteiger partial charge in [-0.2, -0.15) is 5.10 Å². The van der Waals surface area contributed by atoms with Crippen molar-refractivity contribution in [2.45, 2.75) is 44.7 Å². The lowest BCUT2D eigenvalue weighted by molar-refractivity contribution is -0.152. The first kappa shape index (κ1) is 23.9. The lowest BCUT2D eigenvalue weighted by Crippen LogP contribution is -2.49. The fourth-order valence-electron chi connectivity index (χ4n) is 4.57. The van der Waals surface area contributed by atoms with Crippen LogP contribution in [0.15, 0.2) is 53.6 Å². The van der Waals surface area contributed by atoms with E-state index in [1.54, 1.807) is 26.2 Å². The Hall–Kier alpha value is -3.26. The van der Waals surface area contributed by atoms with Crippen LogP contribution >= 0.6 is 0 Å². The minimum Gasteiger partial charge on any atom is -0.497 e. The maximum absolute atomic E-state index is 13.6. The molecule has 1 fully saturated rings. The van der Waals surface area contributed by atoms with Crippen LogP contribution in [0.5, 0.6) is 5.75 Å². The predicted octanol–water partition coefficient (Wildman–Crippen LogP) is 3.93. The number of nitrogens with zero attached hydrogens (tertiary/aromatic N) is 3. The second-order valence-corrected chi connectivity index (χ2v) is 8.52. The van der Waals surface area contributed by atoms with E-state index in [1.807, 2.05) is 29.2 Å². The summed E-state index contributed by atoms with van der Waals surface area (Å²) in [6, 6.07) is 12.9. The zero-order valence-corrected chi connectivity index (χ0v) is 19.6. The molecule has 7 nitrogen and oxygen atoms in total. The SMILES string of the molecule is CCOC(=O)[C@@H]1CCCCN1CC(=O)N1N=C(c2ccc(OC)cc2)C[C@H]1c1ccc(F)cc1. The molecular weight excluding hydrogens is 437 g/mol. The molecule has 8 heteroatoms. The van der Waals surface area contributed by atoms with Gasteiger partial charge in [-0.05, 0) is 73.8 Å². The van der Waals surface area contributed by atoms with Crippen molar-refractivity contribution in [1.82, 2.24) is 9.91 Å². The van der Waals surface area contributed by atoms with Gasteiger partial charge in [0, 0.05) is 6.42 Å². The molecule has 180 valence electrons. The third kappa shape index (κ3) is 5.28. The number of carbonyl (C=O) groups is 2. The molecule has 2 heterocycles. The van der Waals surface area contributed by atoms with Crippen LogP contribution in [0.25, 0.3) is 0 Å². The van der Waals surface area contributed by atoms with Crippen molar-refractivity contribution in [2.24, 2.45) is 5.10 Å². The second kappa shape index (κ2) is 10.8. The minimum atomic E-state index is -0.422. The number of ether oxygens (including phenoxy) is 2. The van der Waals surface area contributed by atoms with Gasteiger partial charge in [-0.3, -0.25) is 14.5 Å². The normalized spacial score (nSPS) is 20.7. The molecule has 1 saturated heterocycles. The highest BCUT2D eigenvalue weighted by Gasteiger charge is 2.37. The van der Waals surface area contributed by atoms with Crippen molar-refractivity contribution in [1.29, 1.82) is 0 Å². The number of methoxy groups -OCH3 is 1. The van der Waals surface area contributed by atoms with Gasteiger partial charge in [0.15, 0.2) is 0 Å². The zero-order chi connectivity index (χ0) is 24.1. The van der Waals surface area contributed by atoms with Gasteiger partial charge in [-0.1, -0.05) is 18.6 Å². The average Bonchev–Trinajstić information content (AvgIpc) is 3.31. The quantitative estimate of drug-likeness (QED) is 0.577. The van der Waals surface area contributed by atoms with Gasteiger partial charge in [-0.15, -0.1) is 0 Å². The average molecular weight is 468 g/mol. The van der Waals surface area contributed by atoms with E-state index in [2.05, 4.69) is 5.10 Å². The Balaban J connectivity index is 1.58. The van der Waals surface area contributed by atoms with Crippen molar-refractivity contribution in [3.05, 3.63) is 65.5 Å². The van der Waals surface area contributed by atoms with Crippen molar-refractivity contribution in [2.75, 3.05) is 26.8 Å². The first-order valence-electron chi connectivity index (χ1n) is 11.7. The number of carbonyl (C=O) groups excluding carboxylic acids is 2. The third-order valence-electron chi connectivity index (χ3n) is 6.35. The van der Waals surface area contributed by atoms with E-state index in [-0.39, 0.29) is 30.3 Å². The molecule has 2 aromatic carbocycles. The van der Waals surface area contributed by atoms with E-state index in [4.69, 9.17) is 9.47 Å². The van der Waals surface area contributed by atoms with E-state index in [0.717, 1.165) is 35.4 Å². The molecular formula is C26H30FN3O4. The van der Waals surface area contributed by atoms with E-state index < -0.39 is 6.04 Å². The Morgan fingerprint density at radius 1 is 1.09 bits per heavy atom. The Morgan fingerprint density at radius 3 is 2.50 bits per heavy atom. The summed E-state index contributed by atoms with van der Waals surface area (Å²) in [5.74, 6) is -0.0788. The highest BCUT2D eigenvalue weighted by Crippen LogP contribution is 2.33. The fraction of sp³-hybridized carbons (Fsp3) is 0.423. The fourth-order valence-corrected chi connectivity index (χ4v) is 4.57. The summed E-state index contributed by atoms with van der Waals surface area (Å²) in [5, 5.41) is 6.18. The Kier molecular flexibility index (Phi) is 7.57. The standard InChI is InChI=1S/C26H30FN3O4/c1-3-34-26(32)23-6-4-5-15-29(23)17-25(31)30-24(19-7-11-20(27)12-8-19)16-22(28-30)18-9-13-21(33-2)14-10-18/h7-14,23-24H,3-6,15-17H2,1-2H3/t23-,24-/m0/s1. The van der Waals surface area contributed by atoms with Crippen LogP contribution in [-0.4, -0.2) is 60.3 Å². The van der Waals surface area contributed by atoms with Crippen molar-refractivity contribution < 1.29 is 23.5 Å². The van der Waals surface area contributed by atoms with Gasteiger partial charge >= 0.3 is 5.97 Å². The van der Waals surface area contributed by atoms with Crippen LogP contribution < -0.4 is 4.74 Å². The number of hydrogen-bond acceptors (Lipinski definition) is 6. The molecule has 0 unspecified atom stereocenters. The number of benzene rings is 2. The Bertz CT molecular complexity index is 1040. The smallest absolute Gasteiger partial charge is 0.323 e. The van der Waals surface area contributed by atoms with Gasteiger partial charge in [0.2, 0.25) is 0 Å². The first-order chi connectivity index (χ1) is 16.5. The summed E-state index contributed by atoms with van der Waals surface area (Å²) < 4.78 is 24.0.